The molecule has 0 spiro atoms. The van der Waals surface area contributed by atoms with Gasteiger partial charge >= 0.3 is 0 Å². The smallest absolute Gasteiger partial charge is 0.251 e. The first-order valence-corrected chi connectivity index (χ1v) is 13.2. The molecule has 38 heavy (non-hydrogen) atoms. The number of hydrogen-bond acceptors (Lipinski definition) is 6. The molecule has 0 aliphatic carbocycles. The van der Waals surface area contributed by atoms with Gasteiger partial charge in [0.05, 0.1) is 25.1 Å². The Morgan fingerprint density at radius 3 is 2.34 bits per heavy atom. The molecule has 9 heteroatoms. The van der Waals surface area contributed by atoms with E-state index in [1.165, 1.54) is 11.8 Å². The summed E-state index contributed by atoms with van der Waals surface area (Å²) in [5.41, 5.74) is 6.48. The number of anilines is 1. The van der Waals surface area contributed by atoms with Gasteiger partial charge in [-0.2, -0.15) is 0 Å². The van der Waals surface area contributed by atoms with Crippen molar-refractivity contribution >= 4 is 29.3 Å². The number of aromatic nitrogens is 3. The Hall–Kier alpha value is -4.11. The van der Waals surface area contributed by atoms with Gasteiger partial charge in [-0.1, -0.05) is 30.0 Å². The van der Waals surface area contributed by atoms with E-state index in [-0.39, 0.29) is 24.1 Å². The molecule has 196 valence electrons. The summed E-state index contributed by atoms with van der Waals surface area (Å²) in [5.74, 6) is 1.09. The molecule has 3 aromatic carbocycles. The van der Waals surface area contributed by atoms with E-state index < -0.39 is 0 Å². The Morgan fingerprint density at radius 1 is 0.895 bits per heavy atom. The van der Waals surface area contributed by atoms with Gasteiger partial charge in [-0.25, -0.2) is 0 Å². The molecule has 4 rings (SSSR count). The predicted octanol–water partition coefficient (Wildman–Crippen LogP) is 5.17. The third-order valence-electron chi connectivity index (χ3n) is 6.19. The lowest BCUT2D eigenvalue weighted by Gasteiger charge is -2.14. The van der Waals surface area contributed by atoms with Crippen LogP contribution in [0.1, 0.15) is 38.4 Å². The maximum atomic E-state index is 12.9. The summed E-state index contributed by atoms with van der Waals surface area (Å²) in [7, 11) is 1.60. The number of methoxy groups -OCH3 is 1. The van der Waals surface area contributed by atoms with Crippen molar-refractivity contribution in [2.75, 3.05) is 18.2 Å². The first-order chi connectivity index (χ1) is 18.2. The molecule has 0 radical (unpaired) electrons. The number of rotatable bonds is 9. The monoisotopic (exact) mass is 529 g/mol. The molecule has 4 aromatic rings. The zero-order valence-corrected chi connectivity index (χ0v) is 23.0. The largest absolute Gasteiger partial charge is 0.497 e. The van der Waals surface area contributed by atoms with Crippen molar-refractivity contribution in [3.8, 4) is 11.4 Å². The van der Waals surface area contributed by atoms with Crippen LogP contribution in [0.15, 0.2) is 65.8 Å². The third-order valence-corrected chi connectivity index (χ3v) is 7.12. The lowest BCUT2D eigenvalue weighted by atomic mass is 10.1. The minimum absolute atomic E-state index is 0.143. The van der Waals surface area contributed by atoms with Gasteiger partial charge in [0, 0.05) is 11.3 Å². The van der Waals surface area contributed by atoms with E-state index in [2.05, 4.69) is 26.9 Å². The van der Waals surface area contributed by atoms with Gasteiger partial charge in [0.15, 0.2) is 11.0 Å². The maximum Gasteiger partial charge on any atom is 0.251 e. The molecule has 1 heterocycles. The van der Waals surface area contributed by atoms with E-state index in [9.17, 15) is 9.59 Å². The fraction of sp³-hybridized carbons (Fsp3) is 0.241. The lowest BCUT2D eigenvalue weighted by Crippen LogP contribution is -2.25. The first-order valence-electron chi connectivity index (χ1n) is 12.2. The van der Waals surface area contributed by atoms with Crippen LogP contribution in [0.2, 0.25) is 0 Å². The molecular formula is C29H31N5O3S. The second-order valence-corrected chi connectivity index (χ2v) is 10.0. The number of amides is 2. The number of thioether (sulfide) groups is 1. The predicted molar refractivity (Wildman–Crippen MR) is 150 cm³/mol. The van der Waals surface area contributed by atoms with Gasteiger partial charge < -0.3 is 15.4 Å². The normalized spacial score (nSPS) is 10.8. The molecule has 0 unspecified atom stereocenters. The molecular weight excluding hydrogens is 498 g/mol. The molecule has 8 nitrogen and oxygen atoms in total. The van der Waals surface area contributed by atoms with E-state index >= 15 is 0 Å². The van der Waals surface area contributed by atoms with E-state index in [1.54, 1.807) is 31.4 Å². The Balaban J connectivity index is 1.53. The highest BCUT2D eigenvalue weighted by molar-refractivity contribution is 7.99. The average Bonchev–Trinajstić information content (AvgIpc) is 3.32. The van der Waals surface area contributed by atoms with Crippen LogP contribution in [0, 0.1) is 27.7 Å². The van der Waals surface area contributed by atoms with Crippen LogP contribution in [-0.2, 0) is 11.3 Å². The van der Waals surface area contributed by atoms with Gasteiger partial charge in [0.1, 0.15) is 5.75 Å². The van der Waals surface area contributed by atoms with Crippen LogP contribution >= 0.6 is 11.8 Å². The Kier molecular flexibility index (Phi) is 8.48. The maximum absolute atomic E-state index is 12.9. The first kappa shape index (κ1) is 26.9. The van der Waals surface area contributed by atoms with E-state index in [1.807, 2.05) is 62.6 Å². The fourth-order valence-electron chi connectivity index (χ4n) is 3.86. The molecule has 0 saturated carbocycles. The summed E-state index contributed by atoms with van der Waals surface area (Å²) in [6.45, 7) is 8.21. The van der Waals surface area contributed by atoms with E-state index in [0.717, 1.165) is 33.7 Å². The molecule has 0 bridgehead atoms. The topological polar surface area (TPSA) is 98.1 Å². The van der Waals surface area contributed by atoms with Crippen LogP contribution in [0.3, 0.4) is 0 Å². The highest BCUT2D eigenvalue weighted by Gasteiger charge is 2.19. The molecule has 2 amide bonds. The molecule has 0 aliphatic rings. The Morgan fingerprint density at radius 2 is 1.63 bits per heavy atom. The molecule has 2 N–H and O–H groups in total. The quantitative estimate of drug-likeness (QED) is 0.290. The zero-order valence-electron chi connectivity index (χ0n) is 22.2. The molecule has 1 aromatic heterocycles. The van der Waals surface area contributed by atoms with Crippen LogP contribution in [-0.4, -0.2) is 39.4 Å². The van der Waals surface area contributed by atoms with Crippen molar-refractivity contribution in [2.24, 2.45) is 0 Å². The molecule has 0 aliphatic heterocycles. The second kappa shape index (κ2) is 12.0. The number of benzene rings is 3. The summed E-state index contributed by atoms with van der Waals surface area (Å²) in [6.07, 6.45) is 0. The van der Waals surface area contributed by atoms with Crippen LogP contribution in [0.25, 0.3) is 5.69 Å². The van der Waals surface area contributed by atoms with Crippen molar-refractivity contribution in [3.63, 3.8) is 0 Å². The number of nitrogens with one attached hydrogen (secondary N) is 2. The average molecular weight is 530 g/mol. The molecule has 0 fully saturated rings. The van der Waals surface area contributed by atoms with Crippen LogP contribution in [0.5, 0.6) is 5.75 Å². The van der Waals surface area contributed by atoms with Crippen LogP contribution < -0.4 is 15.4 Å². The Bertz CT molecular complexity index is 1460. The number of ether oxygens (including phenoxy) is 1. The lowest BCUT2D eigenvalue weighted by molar-refractivity contribution is -0.113. The highest BCUT2D eigenvalue weighted by atomic mass is 32.2. The van der Waals surface area contributed by atoms with Crippen molar-refractivity contribution in [2.45, 2.75) is 39.4 Å². The summed E-state index contributed by atoms with van der Waals surface area (Å²) in [4.78, 5) is 25.5. The van der Waals surface area contributed by atoms with Gasteiger partial charge in [-0.15, -0.1) is 10.2 Å². The Labute approximate surface area is 226 Å². The van der Waals surface area contributed by atoms with Crippen molar-refractivity contribution in [1.82, 2.24) is 20.1 Å². The number of aryl methyl sites for hydroxylation is 4. The van der Waals surface area contributed by atoms with Gasteiger partial charge in [-0.3, -0.25) is 14.2 Å². The summed E-state index contributed by atoms with van der Waals surface area (Å²) >= 11 is 1.29. The number of carbonyl (C=O) groups is 2. The molecule has 0 atom stereocenters. The summed E-state index contributed by atoms with van der Waals surface area (Å²) < 4.78 is 7.07. The number of carbonyl (C=O) groups excluding carboxylic acids is 2. The number of nitrogens with zero attached hydrogens (tertiary/aromatic N) is 3. The fourth-order valence-corrected chi connectivity index (χ4v) is 4.62. The summed E-state index contributed by atoms with van der Waals surface area (Å²) in [5, 5.41) is 15.2. The van der Waals surface area contributed by atoms with Crippen molar-refractivity contribution in [3.05, 3.63) is 94.3 Å². The standard InChI is InChI=1S/C29H31N5O3S/c1-18-6-7-20(3)25(14-18)34-26(16-30-28(36)22-9-8-19(2)21(4)15-22)32-33-29(34)38-17-27(35)31-23-10-12-24(37-5)13-11-23/h6-15H,16-17H2,1-5H3,(H,30,36)(H,31,35). The highest BCUT2D eigenvalue weighted by Crippen LogP contribution is 2.26. The summed E-state index contributed by atoms with van der Waals surface area (Å²) in [6, 6.07) is 18.9. The molecule has 0 saturated heterocycles. The number of hydrogen-bond donors (Lipinski definition) is 2. The minimum Gasteiger partial charge on any atom is -0.497 e. The zero-order chi connectivity index (χ0) is 27.2. The third kappa shape index (κ3) is 6.41. The minimum atomic E-state index is -0.184. The van der Waals surface area contributed by atoms with Gasteiger partial charge in [-0.05, 0) is 92.4 Å². The van der Waals surface area contributed by atoms with Crippen molar-refractivity contribution < 1.29 is 14.3 Å². The van der Waals surface area contributed by atoms with E-state index in [0.29, 0.717) is 22.2 Å². The van der Waals surface area contributed by atoms with Crippen molar-refractivity contribution in [1.29, 1.82) is 0 Å². The van der Waals surface area contributed by atoms with E-state index in [4.69, 9.17) is 4.74 Å². The SMILES string of the molecule is COc1ccc(NC(=O)CSc2nnc(CNC(=O)c3ccc(C)c(C)c3)n2-c2cc(C)ccc2C)cc1. The second-order valence-electron chi connectivity index (χ2n) is 9.07. The van der Waals surface area contributed by atoms with Gasteiger partial charge in [0.2, 0.25) is 5.91 Å². The van der Waals surface area contributed by atoms with Crippen LogP contribution in [0.4, 0.5) is 5.69 Å². The van der Waals surface area contributed by atoms with Gasteiger partial charge in [0.25, 0.3) is 5.91 Å².